The first-order valence-electron chi connectivity index (χ1n) is 6.70. The van der Waals surface area contributed by atoms with Gasteiger partial charge in [-0.25, -0.2) is 9.37 Å². The minimum atomic E-state index is -0.342. The van der Waals surface area contributed by atoms with Crippen molar-refractivity contribution >= 4 is 33.2 Å². The van der Waals surface area contributed by atoms with Crippen molar-refractivity contribution in [1.29, 1.82) is 0 Å². The molecule has 0 fully saturated rings. The standard InChI is InChI=1S/C16H13BrFN3O/c1-10-2-4-12(6-14(10)17)20-16(22)7-13-9-21-8-11(18)3-5-15(21)19-13/h2-6,8-9H,7H2,1H3,(H,20,22). The number of carbonyl (C=O) groups is 1. The largest absolute Gasteiger partial charge is 0.326 e. The smallest absolute Gasteiger partial charge is 0.230 e. The van der Waals surface area contributed by atoms with E-state index in [-0.39, 0.29) is 18.1 Å². The number of amides is 1. The fourth-order valence-corrected chi connectivity index (χ4v) is 2.52. The Bertz CT molecular complexity index is 860. The van der Waals surface area contributed by atoms with Crippen LogP contribution in [0.4, 0.5) is 10.1 Å². The van der Waals surface area contributed by atoms with Crippen LogP contribution in [0, 0.1) is 12.7 Å². The number of nitrogens with zero attached hydrogens (tertiary/aromatic N) is 2. The minimum absolute atomic E-state index is 0.134. The van der Waals surface area contributed by atoms with Crippen molar-refractivity contribution in [3.05, 3.63) is 64.3 Å². The number of rotatable bonds is 3. The molecule has 22 heavy (non-hydrogen) atoms. The molecule has 6 heteroatoms. The number of fused-ring (bicyclic) bond motifs is 1. The van der Waals surface area contributed by atoms with E-state index in [0.29, 0.717) is 11.3 Å². The van der Waals surface area contributed by atoms with Crippen molar-refractivity contribution in [2.75, 3.05) is 5.32 Å². The summed E-state index contributed by atoms with van der Waals surface area (Å²) in [6.45, 7) is 1.98. The Kier molecular flexibility index (Phi) is 3.94. The second-order valence-electron chi connectivity index (χ2n) is 5.03. The minimum Gasteiger partial charge on any atom is -0.326 e. The third-order valence-electron chi connectivity index (χ3n) is 3.26. The van der Waals surface area contributed by atoms with Gasteiger partial charge in [0.05, 0.1) is 12.1 Å². The van der Waals surface area contributed by atoms with Gasteiger partial charge in [-0.05, 0) is 36.8 Å². The van der Waals surface area contributed by atoms with Gasteiger partial charge in [-0.2, -0.15) is 0 Å². The lowest BCUT2D eigenvalue weighted by molar-refractivity contribution is -0.115. The molecule has 0 aliphatic carbocycles. The topological polar surface area (TPSA) is 46.4 Å². The zero-order chi connectivity index (χ0) is 15.7. The van der Waals surface area contributed by atoms with Crippen LogP contribution < -0.4 is 5.32 Å². The van der Waals surface area contributed by atoms with Crippen LogP contribution in [0.3, 0.4) is 0 Å². The molecular weight excluding hydrogens is 349 g/mol. The predicted molar refractivity (Wildman–Crippen MR) is 86.4 cm³/mol. The second kappa shape index (κ2) is 5.88. The van der Waals surface area contributed by atoms with E-state index in [4.69, 9.17) is 0 Å². The second-order valence-corrected chi connectivity index (χ2v) is 5.89. The fourth-order valence-electron chi connectivity index (χ4n) is 2.14. The lowest BCUT2D eigenvalue weighted by Crippen LogP contribution is -2.14. The van der Waals surface area contributed by atoms with Gasteiger partial charge in [0.25, 0.3) is 0 Å². The van der Waals surface area contributed by atoms with E-state index in [2.05, 4.69) is 26.2 Å². The third kappa shape index (κ3) is 3.17. The van der Waals surface area contributed by atoms with Crippen LogP contribution in [-0.2, 0) is 11.2 Å². The molecule has 4 nitrogen and oxygen atoms in total. The molecule has 1 N–H and O–H groups in total. The highest BCUT2D eigenvalue weighted by Gasteiger charge is 2.09. The summed E-state index contributed by atoms with van der Waals surface area (Å²) < 4.78 is 15.6. The summed E-state index contributed by atoms with van der Waals surface area (Å²) in [6, 6.07) is 8.54. The lowest BCUT2D eigenvalue weighted by Gasteiger charge is -2.06. The summed E-state index contributed by atoms with van der Waals surface area (Å²) in [5.74, 6) is -0.509. The van der Waals surface area contributed by atoms with E-state index >= 15 is 0 Å². The van der Waals surface area contributed by atoms with Crippen molar-refractivity contribution in [3.63, 3.8) is 0 Å². The van der Waals surface area contributed by atoms with E-state index in [0.717, 1.165) is 15.7 Å². The molecule has 1 aromatic carbocycles. The summed E-state index contributed by atoms with van der Waals surface area (Å²) in [6.07, 6.45) is 3.12. The molecule has 0 atom stereocenters. The number of pyridine rings is 1. The van der Waals surface area contributed by atoms with Crippen LogP contribution in [0.25, 0.3) is 5.65 Å². The molecule has 0 radical (unpaired) electrons. The van der Waals surface area contributed by atoms with Gasteiger partial charge in [0, 0.05) is 22.6 Å². The monoisotopic (exact) mass is 361 g/mol. The lowest BCUT2D eigenvalue weighted by atomic mass is 10.2. The SMILES string of the molecule is Cc1ccc(NC(=O)Cc2cn3cc(F)ccc3n2)cc1Br. The summed E-state index contributed by atoms with van der Waals surface area (Å²) in [4.78, 5) is 16.4. The van der Waals surface area contributed by atoms with Crippen LogP contribution in [0.1, 0.15) is 11.3 Å². The highest BCUT2D eigenvalue weighted by Crippen LogP contribution is 2.20. The number of aromatic nitrogens is 2. The fraction of sp³-hybridized carbons (Fsp3) is 0.125. The molecule has 3 aromatic rings. The number of hydrogen-bond donors (Lipinski definition) is 1. The van der Waals surface area contributed by atoms with Gasteiger partial charge >= 0.3 is 0 Å². The summed E-state index contributed by atoms with van der Waals surface area (Å²) in [7, 11) is 0. The van der Waals surface area contributed by atoms with Gasteiger partial charge in [-0.3, -0.25) is 4.79 Å². The van der Waals surface area contributed by atoms with Crippen LogP contribution in [0.5, 0.6) is 0 Å². The Labute approximate surface area is 135 Å². The molecule has 0 saturated carbocycles. The van der Waals surface area contributed by atoms with Crippen molar-refractivity contribution in [3.8, 4) is 0 Å². The normalized spacial score (nSPS) is 10.9. The average Bonchev–Trinajstić information content (AvgIpc) is 2.84. The van der Waals surface area contributed by atoms with Crippen molar-refractivity contribution in [2.24, 2.45) is 0 Å². The van der Waals surface area contributed by atoms with Crippen molar-refractivity contribution in [2.45, 2.75) is 13.3 Å². The van der Waals surface area contributed by atoms with Crippen LogP contribution in [0.15, 0.2) is 47.2 Å². The molecule has 3 rings (SSSR count). The summed E-state index contributed by atoms with van der Waals surface area (Å²) in [5.41, 5.74) is 3.02. The zero-order valence-electron chi connectivity index (χ0n) is 11.8. The third-order valence-corrected chi connectivity index (χ3v) is 4.12. The van der Waals surface area contributed by atoms with Gasteiger partial charge in [-0.15, -0.1) is 0 Å². The molecule has 1 amide bonds. The maximum Gasteiger partial charge on any atom is 0.230 e. The zero-order valence-corrected chi connectivity index (χ0v) is 13.4. The number of aryl methyl sites for hydroxylation is 1. The molecule has 2 heterocycles. The Hall–Kier alpha value is -2.21. The quantitative estimate of drug-likeness (QED) is 0.772. The molecule has 0 unspecified atom stereocenters. The highest BCUT2D eigenvalue weighted by atomic mass is 79.9. The Morgan fingerprint density at radius 1 is 1.32 bits per heavy atom. The predicted octanol–water partition coefficient (Wildman–Crippen LogP) is 3.73. The molecule has 0 aliphatic rings. The molecular formula is C16H13BrFN3O. The Morgan fingerprint density at radius 2 is 2.14 bits per heavy atom. The van der Waals surface area contributed by atoms with Crippen molar-refractivity contribution in [1.82, 2.24) is 9.38 Å². The van der Waals surface area contributed by atoms with Gasteiger partial charge in [-0.1, -0.05) is 22.0 Å². The highest BCUT2D eigenvalue weighted by molar-refractivity contribution is 9.10. The molecule has 0 aliphatic heterocycles. The van der Waals surface area contributed by atoms with E-state index < -0.39 is 0 Å². The number of hydrogen-bond acceptors (Lipinski definition) is 2. The first-order chi connectivity index (χ1) is 10.5. The number of nitrogens with one attached hydrogen (secondary N) is 1. The van der Waals surface area contributed by atoms with Gasteiger partial charge in [0.1, 0.15) is 11.5 Å². The molecule has 0 bridgehead atoms. The number of carbonyl (C=O) groups excluding carboxylic acids is 1. The van der Waals surface area contributed by atoms with Crippen LogP contribution >= 0.6 is 15.9 Å². The van der Waals surface area contributed by atoms with Crippen LogP contribution in [0.2, 0.25) is 0 Å². The van der Waals surface area contributed by atoms with Crippen LogP contribution in [-0.4, -0.2) is 15.3 Å². The molecule has 2 aromatic heterocycles. The number of anilines is 1. The maximum absolute atomic E-state index is 13.1. The van der Waals surface area contributed by atoms with Gasteiger partial charge < -0.3 is 9.72 Å². The van der Waals surface area contributed by atoms with Gasteiger partial charge in [0.2, 0.25) is 5.91 Å². The summed E-state index contributed by atoms with van der Waals surface area (Å²) >= 11 is 3.43. The number of halogens is 2. The molecule has 0 spiro atoms. The maximum atomic E-state index is 13.1. The molecule has 112 valence electrons. The summed E-state index contributed by atoms with van der Waals surface area (Å²) in [5, 5.41) is 2.82. The van der Waals surface area contributed by atoms with E-state index in [1.807, 2.05) is 25.1 Å². The first kappa shape index (κ1) is 14.7. The van der Waals surface area contributed by atoms with Gasteiger partial charge in [0.15, 0.2) is 0 Å². The first-order valence-corrected chi connectivity index (χ1v) is 7.50. The number of imidazole rings is 1. The Balaban J connectivity index is 1.73. The van der Waals surface area contributed by atoms with E-state index in [1.165, 1.54) is 12.3 Å². The number of benzene rings is 1. The Morgan fingerprint density at radius 3 is 2.91 bits per heavy atom. The van der Waals surface area contributed by atoms with E-state index in [9.17, 15) is 9.18 Å². The van der Waals surface area contributed by atoms with Crippen molar-refractivity contribution < 1.29 is 9.18 Å². The average molecular weight is 362 g/mol. The van der Waals surface area contributed by atoms with E-state index in [1.54, 1.807) is 16.7 Å². The molecule has 0 saturated heterocycles.